The van der Waals surface area contributed by atoms with Gasteiger partial charge in [0.25, 0.3) is 0 Å². The molecule has 0 fully saturated rings. The van der Waals surface area contributed by atoms with Gasteiger partial charge in [-0.05, 0) is 38.0 Å². The van der Waals surface area contributed by atoms with Gasteiger partial charge < -0.3 is 9.88 Å². The Hall–Kier alpha value is -1.10. The first-order valence-electron chi connectivity index (χ1n) is 7.19. The summed E-state index contributed by atoms with van der Waals surface area (Å²) < 4.78 is 2.22. The second kappa shape index (κ2) is 5.95. The van der Waals surface area contributed by atoms with E-state index in [4.69, 9.17) is 23.2 Å². The number of nitrogens with zero attached hydrogens (tertiary/aromatic N) is 3. The quantitative estimate of drug-likeness (QED) is 0.926. The monoisotopic (exact) mass is 324 g/mol. The van der Waals surface area contributed by atoms with Crippen molar-refractivity contribution in [3.8, 4) is 0 Å². The van der Waals surface area contributed by atoms with Crippen LogP contribution in [-0.2, 0) is 13.0 Å². The number of nitrogens with one attached hydrogen (secondary N) is 1. The maximum absolute atomic E-state index is 6.08. The smallest absolute Gasteiger partial charge is 0.149 e. The van der Waals surface area contributed by atoms with E-state index in [1.165, 1.54) is 0 Å². The third kappa shape index (κ3) is 2.93. The molecule has 2 heterocycles. The van der Waals surface area contributed by atoms with Gasteiger partial charge in [0.15, 0.2) is 0 Å². The molecule has 0 spiro atoms. The van der Waals surface area contributed by atoms with Crippen LogP contribution in [0.15, 0.2) is 18.2 Å². The highest BCUT2D eigenvalue weighted by atomic mass is 35.5. The van der Waals surface area contributed by atoms with E-state index < -0.39 is 0 Å². The van der Waals surface area contributed by atoms with E-state index in [-0.39, 0.29) is 12.1 Å². The van der Waals surface area contributed by atoms with E-state index in [0.717, 1.165) is 36.6 Å². The molecule has 1 aromatic carbocycles. The highest BCUT2D eigenvalue weighted by Crippen LogP contribution is 2.27. The van der Waals surface area contributed by atoms with Crippen LogP contribution in [0, 0.1) is 0 Å². The van der Waals surface area contributed by atoms with Crippen molar-refractivity contribution in [1.29, 1.82) is 0 Å². The van der Waals surface area contributed by atoms with Crippen molar-refractivity contribution in [3.63, 3.8) is 0 Å². The van der Waals surface area contributed by atoms with Crippen LogP contribution in [-0.4, -0.2) is 14.8 Å². The predicted molar refractivity (Wildman–Crippen MR) is 84.8 cm³/mol. The lowest BCUT2D eigenvalue weighted by Crippen LogP contribution is -2.25. The molecule has 1 aromatic heterocycles. The van der Waals surface area contributed by atoms with Crippen molar-refractivity contribution in [1.82, 2.24) is 20.1 Å². The van der Waals surface area contributed by atoms with Gasteiger partial charge in [-0.3, -0.25) is 0 Å². The molecule has 0 radical (unpaired) electrons. The number of hydrogen-bond donors (Lipinski definition) is 1. The van der Waals surface area contributed by atoms with Gasteiger partial charge in [0.1, 0.15) is 11.6 Å². The summed E-state index contributed by atoms with van der Waals surface area (Å²) in [4.78, 5) is 0. The summed E-state index contributed by atoms with van der Waals surface area (Å²) in [5.41, 5.74) is 1.11. The Morgan fingerprint density at radius 3 is 2.71 bits per heavy atom. The number of aryl methyl sites for hydroxylation is 1. The van der Waals surface area contributed by atoms with Crippen LogP contribution >= 0.6 is 23.2 Å². The summed E-state index contributed by atoms with van der Waals surface area (Å²) in [6.45, 7) is 5.24. The molecule has 21 heavy (non-hydrogen) atoms. The van der Waals surface area contributed by atoms with Crippen LogP contribution < -0.4 is 5.32 Å². The van der Waals surface area contributed by atoms with Gasteiger partial charge in [0.2, 0.25) is 0 Å². The van der Waals surface area contributed by atoms with Gasteiger partial charge in [-0.1, -0.05) is 29.3 Å². The molecule has 3 rings (SSSR count). The van der Waals surface area contributed by atoms with Crippen LogP contribution in [0.5, 0.6) is 0 Å². The third-order valence-corrected chi connectivity index (χ3v) is 4.71. The second-order valence-corrected chi connectivity index (χ2v) is 6.33. The van der Waals surface area contributed by atoms with Crippen molar-refractivity contribution >= 4 is 23.2 Å². The zero-order chi connectivity index (χ0) is 15.0. The Labute approximate surface area is 134 Å². The second-order valence-electron chi connectivity index (χ2n) is 5.51. The summed E-state index contributed by atoms with van der Waals surface area (Å²) in [6.07, 6.45) is 2.19. The van der Waals surface area contributed by atoms with E-state index in [1.807, 2.05) is 18.2 Å². The van der Waals surface area contributed by atoms with Crippen molar-refractivity contribution in [3.05, 3.63) is 45.5 Å². The van der Waals surface area contributed by atoms with Gasteiger partial charge in [-0.25, -0.2) is 0 Å². The number of rotatable bonds is 4. The summed E-state index contributed by atoms with van der Waals surface area (Å²) in [6, 6.07) is 6.02. The molecule has 0 bridgehead atoms. The van der Waals surface area contributed by atoms with Crippen LogP contribution in [0.25, 0.3) is 0 Å². The molecule has 0 saturated carbocycles. The van der Waals surface area contributed by atoms with Gasteiger partial charge in [0, 0.05) is 19.0 Å². The zero-order valence-corrected chi connectivity index (χ0v) is 13.6. The first kappa shape index (κ1) is 14.8. The van der Waals surface area contributed by atoms with Crippen molar-refractivity contribution < 1.29 is 0 Å². The molecular formula is C15H18Cl2N4. The fourth-order valence-corrected chi connectivity index (χ4v) is 3.13. The SMILES string of the molecule is CC(NC(C)c1nnc2n1CCC2)c1ccc(Cl)c(Cl)c1. The minimum Gasteiger partial charge on any atom is -0.314 e. The first-order valence-corrected chi connectivity index (χ1v) is 7.95. The van der Waals surface area contributed by atoms with E-state index in [0.29, 0.717) is 10.0 Å². The number of aromatic nitrogens is 3. The van der Waals surface area contributed by atoms with Crippen molar-refractivity contribution in [2.75, 3.05) is 0 Å². The molecule has 0 aliphatic carbocycles. The number of hydrogen-bond acceptors (Lipinski definition) is 3. The third-order valence-electron chi connectivity index (χ3n) is 3.97. The molecule has 1 aliphatic rings. The maximum atomic E-state index is 6.08. The van der Waals surface area contributed by atoms with Crippen LogP contribution in [0.3, 0.4) is 0 Å². The number of fused-ring (bicyclic) bond motifs is 1. The molecule has 4 nitrogen and oxygen atoms in total. The highest BCUT2D eigenvalue weighted by Gasteiger charge is 2.22. The Kier molecular flexibility index (Phi) is 4.20. The van der Waals surface area contributed by atoms with Crippen LogP contribution in [0.4, 0.5) is 0 Å². The Bertz CT molecular complexity index is 653. The molecule has 112 valence electrons. The highest BCUT2D eigenvalue weighted by molar-refractivity contribution is 6.42. The fourth-order valence-electron chi connectivity index (χ4n) is 2.82. The van der Waals surface area contributed by atoms with Gasteiger partial charge >= 0.3 is 0 Å². The van der Waals surface area contributed by atoms with E-state index in [2.05, 4.69) is 33.9 Å². The van der Waals surface area contributed by atoms with E-state index >= 15 is 0 Å². The first-order chi connectivity index (χ1) is 10.1. The van der Waals surface area contributed by atoms with Gasteiger partial charge in [-0.15, -0.1) is 10.2 Å². The summed E-state index contributed by atoms with van der Waals surface area (Å²) in [7, 11) is 0. The predicted octanol–water partition coefficient (Wildman–Crippen LogP) is 3.94. The number of benzene rings is 1. The fraction of sp³-hybridized carbons (Fsp3) is 0.467. The lowest BCUT2D eigenvalue weighted by Gasteiger charge is -2.20. The van der Waals surface area contributed by atoms with Crippen LogP contribution in [0.1, 0.15) is 49.6 Å². The molecule has 2 aromatic rings. The minimum absolute atomic E-state index is 0.133. The van der Waals surface area contributed by atoms with Crippen molar-refractivity contribution in [2.45, 2.75) is 45.3 Å². The molecule has 1 N–H and O–H groups in total. The molecule has 2 atom stereocenters. The Morgan fingerprint density at radius 1 is 1.14 bits per heavy atom. The van der Waals surface area contributed by atoms with E-state index in [1.54, 1.807) is 0 Å². The average Bonchev–Trinajstić information content (AvgIpc) is 3.04. The Morgan fingerprint density at radius 2 is 1.95 bits per heavy atom. The summed E-state index contributed by atoms with van der Waals surface area (Å²) >= 11 is 12.0. The molecule has 0 saturated heterocycles. The lowest BCUT2D eigenvalue weighted by atomic mass is 10.1. The topological polar surface area (TPSA) is 42.7 Å². The van der Waals surface area contributed by atoms with Gasteiger partial charge in [0.05, 0.1) is 16.1 Å². The summed E-state index contributed by atoms with van der Waals surface area (Å²) in [5, 5.41) is 13.3. The number of halogens is 2. The largest absolute Gasteiger partial charge is 0.314 e. The van der Waals surface area contributed by atoms with Crippen LogP contribution in [0.2, 0.25) is 10.0 Å². The zero-order valence-electron chi connectivity index (χ0n) is 12.1. The summed E-state index contributed by atoms with van der Waals surface area (Å²) in [5.74, 6) is 2.11. The Balaban J connectivity index is 1.74. The standard InChI is InChI=1S/C15H18Cl2N4/c1-9(11-5-6-12(16)13(17)8-11)18-10(2)15-20-19-14-4-3-7-21(14)15/h5-6,8-10,18H,3-4,7H2,1-2H3. The average molecular weight is 325 g/mol. The molecule has 1 aliphatic heterocycles. The normalized spacial score (nSPS) is 16.8. The molecule has 6 heteroatoms. The maximum Gasteiger partial charge on any atom is 0.149 e. The molecule has 2 unspecified atom stereocenters. The van der Waals surface area contributed by atoms with Gasteiger partial charge in [-0.2, -0.15) is 0 Å². The molecule has 0 amide bonds. The molecular weight excluding hydrogens is 307 g/mol. The van der Waals surface area contributed by atoms with Crippen molar-refractivity contribution in [2.24, 2.45) is 0 Å². The van der Waals surface area contributed by atoms with E-state index in [9.17, 15) is 0 Å². The minimum atomic E-state index is 0.133. The lowest BCUT2D eigenvalue weighted by molar-refractivity contribution is 0.459.